The highest BCUT2D eigenvalue weighted by Gasteiger charge is 2.20. The maximum atomic E-state index is 12.3. The van der Waals surface area contributed by atoms with Gasteiger partial charge in [0, 0.05) is 12.2 Å². The zero-order valence-electron chi connectivity index (χ0n) is 13.3. The van der Waals surface area contributed by atoms with E-state index < -0.39 is 0 Å². The van der Waals surface area contributed by atoms with Gasteiger partial charge in [-0.25, -0.2) is 0 Å². The molecule has 2 unspecified atom stereocenters. The SMILES string of the molecule is CC1CCCC(OCC(=O)n2ccccc2=NC(C)C)C1. The molecule has 1 saturated carbocycles. The molecular weight excluding hydrogens is 264 g/mol. The Kier molecular flexibility index (Phi) is 5.74. The molecule has 0 aromatic carbocycles. The van der Waals surface area contributed by atoms with Crippen LogP contribution in [0, 0.1) is 5.92 Å². The van der Waals surface area contributed by atoms with Gasteiger partial charge in [-0.05, 0) is 44.7 Å². The lowest BCUT2D eigenvalue weighted by atomic mass is 9.89. The van der Waals surface area contributed by atoms with Gasteiger partial charge in [-0.3, -0.25) is 14.4 Å². The molecule has 4 heteroatoms. The lowest BCUT2D eigenvalue weighted by molar-refractivity contribution is 0.0139. The molecule has 1 aliphatic rings. The van der Waals surface area contributed by atoms with Gasteiger partial charge in [-0.15, -0.1) is 0 Å². The molecule has 1 aromatic rings. The highest BCUT2D eigenvalue weighted by Crippen LogP contribution is 2.25. The molecule has 1 aromatic heterocycles. The van der Waals surface area contributed by atoms with E-state index in [4.69, 9.17) is 4.74 Å². The first kappa shape index (κ1) is 16.0. The van der Waals surface area contributed by atoms with E-state index in [9.17, 15) is 4.79 Å². The second-order valence-electron chi connectivity index (χ2n) is 6.25. The van der Waals surface area contributed by atoms with Crippen molar-refractivity contribution < 1.29 is 9.53 Å². The quantitative estimate of drug-likeness (QED) is 0.855. The number of pyridine rings is 1. The third kappa shape index (κ3) is 4.81. The summed E-state index contributed by atoms with van der Waals surface area (Å²) in [5, 5.41) is 0. The second kappa shape index (κ2) is 7.55. The van der Waals surface area contributed by atoms with Gasteiger partial charge in [0.2, 0.25) is 0 Å². The Bertz CT molecular complexity index is 534. The summed E-state index contributed by atoms with van der Waals surface area (Å²) in [6, 6.07) is 5.77. The fourth-order valence-corrected chi connectivity index (χ4v) is 2.80. The van der Waals surface area contributed by atoms with Crippen LogP contribution >= 0.6 is 0 Å². The van der Waals surface area contributed by atoms with Crippen LogP contribution in [-0.2, 0) is 4.74 Å². The number of ether oxygens (including phenoxy) is 1. The van der Waals surface area contributed by atoms with Gasteiger partial charge in [-0.2, -0.15) is 0 Å². The predicted octanol–water partition coefficient (Wildman–Crippen LogP) is 3.03. The smallest absolute Gasteiger partial charge is 0.258 e. The van der Waals surface area contributed by atoms with Crippen molar-refractivity contribution >= 4 is 5.91 Å². The molecule has 1 fully saturated rings. The van der Waals surface area contributed by atoms with Crippen molar-refractivity contribution in [3.63, 3.8) is 0 Å². The van der Waals surface area contributed by atoms with E-state index in [1.54, 1.807) is 10.8 Å². The van der Waals surface area contributed by atoms with Crippen molar-refractivity contribution in [1.82, 2.24) is 4.57 Å². The van der Waals surface area contributed by atoms with Crippen LogP contribution in [-0.4, -0.2) is 29.2 Å². The summed E-state index contributed by atoms with van der Waals surface area (Å²) in [6.45, 7) is 6.39. The minimum absolute atomic E-state index is 0.0479. The molecule has 0 saturated heterocycles. The maximum Gasteiger partial charge on any atom is 0.258 e. The normalized spacial score (nSPS) is 23.5. The molecule has 0 aliphatic heterocycles. The zero-order valence-corrected chi connectivity index (χ0v) is 13.3. The van der Waals surface area contributed by atoms with Gasteiger partial charge in [0.05, 0.1) is 6.10 Å². The van der Waals surface area contributed by atoms with Crippen molar-refractivity contribution in [3.05, 3.63) is 29.9 Å². The third-order valence-electron chi connectivity index (χ3n) is 3.83. The summed E-state index contributed by atoms with van der Waals surface area (Å²) >= 11 is 0. The van der Waals surface area contributed by atoms with Crippen LogP contribution in [0.4, 0.5) is 0 Å². The van der Waals surface area contributed by atoms with E-state index in [2.05, 4.69) is 11.9 Å². The van der Waals surface area contributed by atoms with Crippen molar-refractivity contribution in [2.75, 3.05) is 6.61 Å². The lowest BCUT2D eigenvalue weighted by Gasteiger charge is -2.26. The van der Waals surface area contributed by atoms with Gasteiger partial charge < -0.3 is 4.74 Å². The summed E-state index contributed by atoms with van der Waals surface area (Å²) in [4.78, 5) is 16.8. The molecule has 116 valence electrons. The lowest BCUT2D eigenvalue weighted by Crippen LogP contribution is -2.32. The predicted molar refractivity (Wildman–Crippen MR) is 83.1 cm³/mol. The molecule has 0 amide bonds. The molecule has 0 radical (unpaired) electrons. The molecule has 1 heterocycles. The van der Waals surface area contributed by atoms with Gasteiger partial charge >= 0.3 is 0 Å². The minimum atomic E-state index is -0.0479. The van der Waals surface area contributed by atoms with Crippen LogP contribution in [0.15, 0.2) is 29.4 Å². The molecule has 0 N–H and O–H groups in total. The van der Waals surface area contributed by atoms with Gasteiger partial charge in [-0.1, -0.05) is 25.8 Å². The highest BCUT2D eigenvalue weighted by molar-refractivity contribution is 5.79. The molecule has 4 nitrogen and oxygen atoms in total. The first-order valence-corrected chi connectivity index (χ1v) is 7.92. The Balaban J connectivity index is 2.00. The van der Waals surface area contributed by atoms with E-state index >= 15 is 0 Å². The number of aromatic nitrogens is 1. The first-order chi connectivity index (χ1) is 10.1. The van der Waals surface area contributed by atoms with Crippen molar-refractivity contribution in [1.29, 1.82) is 0 Å². The molecular formula is C17H26N2O2. The van der Waals surface area contributed by atoms with Crippen LogP contribution in [0.5, 0.6) is 0 Å². The van der Waals surface area contributed by atoms with Crippen molar-refractivity contribution in [2.24, 2.45) is 10.9 Å². The van der Waals surface area contributed by atoms with Crippen LogP contribution in [0.1, 0.15) is 51.2 Å². The summed E-state index contributed by atoms with van der Waals surface area (Å²) in [6.07, 6.45) is 6.60. The van der Waals surface area contributed by atoms with Crippen LogP contribution in [0.3, 0.4) is 0 Å². The largest absolute Gasteiger partial charge is 0.368 e. The van der Waals surface area contributed by atoms with Crippen molar-refractivity contribution in [3.8, 4) is 0 Å². The number of carbonyl (C=O) groups excluding carboxylic acids is 1. The number of hydrogen-bond donors (Lipinski definition) is 0. The number of rotatable bonds is 4. The van der Waals surface area contributed by atoms with E-state index in [-0.39, 0.29) is 24.7 Å². The van der Waals surface area contributed by atoms with Crippen LogP contribution in [0.25, 0.3) is 0 Å². The number of nitrogens with zero attached hydrogens (tertiary/aromatic N) is 2. The fraction of sp³-hybridized carbons (Fsp3) is 0.647. The Morgan fingerprint density at radius 1 is 1.43 bits per heavy atom. The maximum absolute atomic E-state index is 12.3. The van der Waals surface area contributed by atoms with Gasteiger partial charge in [0.15, 0.2) is 0 Å². The van der Waals surface area contributed by atoms with Gasteiger partial charge in [0.25, 0.3) is 5.91 Å². The topological polar surface area (TPSA) is 43.6 Å². The van der Waals surface area contributed by atoms with Crippen LogP contribution in [0.2, 0.25) is 0 Å². The summed E-state index contributed by atoms with van der Waals surface area (Å²) in [5.74, 6) is 0.656. The summed E-state index contributed by atoms with van der Waals surface area (Å²) < 4.78 is 7.41. The standard InChI is InChI=1S/C17H26N2O2/c1-13(2)18-16-9-4-5-10-19(16)17(20)12-21-15-8-6-7-14(3)11-15/h4-5,9-10,13-15H,6-8,11-12H2,1-3H3. The Morgan fingerprint density at radius 3 is 2.95 bits per heavy atom. The molecule has 2 atom stereocenters. The van der Waals surface area contributed by atoms with E-state index in [0.717, 1.165) is 12.8 Å². The fourth-order valence-electron chi connectivity index (χ4n) is 2.80. The Hall–Kier alpha value is -1.42. The number of hydrogen-bond acceptors (Lipinski definition) is 3. The van der Waals surface area contributed by atoms with E-state index in [1.165, 1.54) is 12.8 Å². The van der Waals surface area contributed by atoms with E-state index in [1.807, 2.05) is 32.0 Å². The summed E-state index contributed by atoms with van der Waals surface area (Å²) in [7, 11) is 0. The minimum Gasteiger partial charge on any atom is -0.368 e. The Morgan fingerprint density at radius 2 is 2.24 bits per heavy atom. The second-order valence-corrected chi connectivity index (χ2v) is 6.25. The molecule has 21 heavy (non-hydrogen) atoms. The third-order valence-corrected chi connectivity index (χ3v) is 3.83. The molecule has 2 rings (SSSR count). The Labute approximate surface area is 126 Å². The monoisotopic (exact) mass is 290 g/mol. The molecule has 1 aliphatic carbocycles. The van der Waals surface area contributed by atoms with E-state index in [0.29, 0.717) is 11.4 Å². The summed E-state index contributed by atoms with van der Waals surface area (Å²) in [5.41, 5.74) is 0.693. The van der Waals surface area contributed by atoms with Crippen molar-refractivity contribution in [2.45, 2.75) is 58.6 Å². The highest BCUT2D eigenvalue weighted by atomic mass is 16.5. The molecule has 0 bridgehead atoms. The number of carbonyl (C=O) groups is 1. The zero-order chi connectivity index (χ0) is 15.2. The van der Waals surface area contributed by atoms with Gasteiger partial charge in [0.1, 0.15) is 12.1 Å². The average Bonchev–Trinajstić information content (AvgIpc) is 2.45. The molecule has 0 spiro atoms. The van der Waals surface area contributed by atoms with Crippen LogP contribution < -0.4 is 5.49 Å². The first-order valence-electron chi connectivity index (χ1n) is 7.92. The average molecular weight is 290 g/mol.